The molecule has 2 aromatic carbocycles. The van der Waals surface area contributed by atoms with E-state index in [1.54, 1.807) is 18.2 Å². The Morgan fingerprint density at radius 3 is 2.19 bits per heavy atom. The average molecular weight is 353 g/mol. The van der Waals surface area contributed by atoms with Gasteiger partial charge in [0.05, 0.1) is 11.1 Å². The first kappa shape index (κ1) is 17.7. The summed E-state index contributed by atoms with van der Waals surface area (Å²) in [5, 5.41) is 0.476. The van der Waals surface area contributed by atoms with Crippen molar-refractivity contribution in [2.75, 3.05) is 6.61 Å². The molecule has 0 saturated carbocycles. The van der Waals surface area contributed by atoms with Crippen molar-refractivity contribution in [2.24, 2.45) is 0 Å². The van der Waals surface area contributed by atoms with Gasteiger partial charge in [-0.15, -0.1) is 0 Å². The minimum absolute atomic E-state index is 0.214. The molecule has 134 valence electrons. The third kappa shape index (κ3) is 3.31. The predicted octanol–water partition coefficient (Wildman–Crippen LogP) is 3.25. The molecule has 0 atom stereocenters. The summed E-state index contributed by atoms with van der Waals surface area (Å²) < 4.78 is 5.42. The van der Waals surface area contributed by atoms with Crippen LogP contribution in [0.25, 0.3) is 0 Å². The summed E-state index contributed by atoms with van der Waals surface area (Å²) in [4.78, 5) is 41.2. The molecule has 6 heteroatoms. The third-order valence-corrected chi connectivity index (χ3v) is 4.17. The molecule has 1 aliphatic rings. The minimum atomic E-state index is -0.829. The van der Waals surface area contributed by atoms with E-state index in [1.807, 2.05) is 19.1 Å². The first-order chi connectivity index (χ1) is 12.4. The van der Waals surface area contributed by atoms with Crippen LogP contribution >= 0.6 is 0 Å². The highest BCUT2D eigenvalue weighted by Gasteiger charge is 2.38. The number of fused-ring (bicyclic) bond motifs is 1. The molecule has 26 heavy (non-hydrogen) atoms. The zero-order valence-corrected chi connectivity index (χ0v) is 14.8. The van der Waals surface area contributed by atoms with Crippen molar-refractivity contribution < 1.29 is 24.0 Å². The summed E-state index contributed by atoms with van der Waals surface area (Å²) in [7, 11) is 0. The van der Waals surface area contributed by atoms with Crippen LogP contribution in [-0.4, -0.2) is 29.5 Å². The Labute approximate surface area is 151 Å². The van der Waals surface area contributed by atoms with Gasteiger partial charge in [0.25, 0.3) is 11.8 Å². The van der Waals surface area contributed by atoms with E-state index in [0.29, 0.717) is 16.7 Å². The van der Waals surface area contributed by atoms with Crippen molar-refractivity contribution in [3.05, 3.63) is 64.7 Å². The van der Waals surface area contributed by atoms with Crippen LogP contribution in [0.5, 0.6) is 5.75 Å². The summed E-state index contributed by atoms with van der Waals surface area (Å²) in [6, 6.07) is 11.9. The number of rotatable bonds is 5. The van der Waals surface area contributed by atoms with Gasteiger partial charge in [0.1, 0.15) is 5.75 Å². The molecule has 0 unspecified atom stereocenters. The summed E-state index contributed by atoms with van der Waals surface area (Å²) >= 11 is 0. The highest BCUT2D eigenvalue weighted by Crippen LogP contribution is 2.24. The summed E-state index contributed by atoms with van der Waals surface area (Å²) in [6.45, 7) is 5.76. The maximum Gasteiger partial charge on any atom is 0.370 e. The van der Waals surface area contributed by atoms with Gasteiger partial charge in [-0.3, -0.25) is 9.59 Å². The minimum Gasteiger partial charge on any atom is -0.482 e. The van der Waals surface area contributed by atoms with E-state index in [9.17, 15) is 14.4 Å². The fraction of sp³-hybridized carbons (Fsp3) is 0.250. The lowest BCUT2D eigenvalue weighted by atomic mass is 9.98. The normalized spacial score (nSPS) is 13.2. The Hall–Kier alpha value is -3.15. The van der Waals surface area contributed by atoms with Crippen molar-refractivity contribution in [2.45, 2.75) is 26.7 Å². The molecule has 0 aliphatic carbocycles. The lowest BCUT2D eigenvalue weighted by Crippen LogP contribution is -2.34. The monoisotopic (exact) mass is 353 g/mol. The number of imide groups is 1. The number of amides is 2. The van der Waals surface area contributed by atoms with Gasteiger partial charge < -0.3 is 9.57 Å². The molecule has 0 spiro atoms. The van der Waals surface area contributed by atoms with Crippen LogP contribution in [0.3, 0.4) is 0 Å². The van der Waals surface area contributed by atoms with Gasteiger partial charge >= 0.3 is 5.97 Å². The number of hydroxylamine groups is 2. The lowest BCUT2D eigenvalue weighted by Gasteiger charge is -2.14. The molecule has 0 aromatic heterocycles. The van der Waals surface area contributed by atoms with Crippen LogP contribution in [0.4, 0.5) is 0 Å². The van der Waals surface area contributed by atoms with Crippen molar-refractivity contribution in [1.82, 2.24) is 5.06 Å². The van der Waals surface area contributed by atoms with E-state index < -0.39 is 24.4 Å². The van der Waals surface area contributed by atoms with Gasteiger partial charge in [0, 0.05) is 0 Å². The van der Waals surface area contributed by atoms with E-state index in [4.69, 9.17) is 9.57 Å². The number of nitrogens with zero attached hydrogens (tertiary/aromatic N) is 1. The first-order valence-electron chi connectivity index (χ1n) is 8.30. The van der Waals surface area contributed by atoms with Crippen molar-refractivity contribution >= 4 is 17.8 Å². The van der Waals surface area contributed by atoms with Crippen LogP contribution in [-0.2, 0) is 9.63 Å². The van der Waals surface area contributed by atoms with Crippen LogP contribution in [0, 0.1) is 6.92 Å². The van der Waals surface area contributed by atoms with Crippen molar-refractivity contribution in [3.8, 4) is 5.75 Å². The second-order valence-electron chi connectivity index (χ2n) is 6.38. The highest BCUT2D eigenvalue weighted by atomic mass is 16.7. The Bertz CT molecular complexity index is 853. The Morgan fingerprint density at radius 1 is 1.04 bits per heavy atom. The number of ether oxygens (including phenoxy) is 1. The lowest BCUT2D eigenvalue weighted by molar-refractivity contribution is -0.170. The van der Waals surface area contributed by atoms with E-state index in [-0.39, 0.29) is 11.1 Å². The van der Waals surface area contributed by atoms with E-state index in [2.05, 4.69) is 13.8 Å². The average Bonchev–Trinajstić information content (AvgIpc) is 2.85. The molecule has 0 fully saturated rings. The van der Waals surface area contributed by atoms with Gasteiger partial charge in [-0.1, -0.05) is 37.1 Å². The van der Waals surface area contributed by atoms with Gasteiger partial charge in [0.2, 0.25) is 0 Å². The first-order valence-corrected chi connectivity index (χ1v) is 8.30. The van der Waals surface area contributed by atoms with Crippen LogP contribution in [0.2, 0.25) is 0 Å². The molecule has 2 aromatic rings. The maximum atomic E-state index is 12.1. The van der Waals surface area contributed by atoms with E-state index >= 15 is 0 Å². The molecule has 3 rings (SSSR count). The Morgan fingerprint density at radius 2 is 1.65 bits per heavy atom. The third-order valence-electron chi connectivity index (χ3n) is 4.17. The Balaban J connectivity index is 1.61. The number of carbonyl (C=O) groups is 3. The molecule has 0 radical (unpaired) electrons. The number of benzene rings is 2. The highest BCUT2D eigenvalue weighted by molar-refractivity contribution is 6.20. The zero-order valence-electron chi connectivity index (χ0n) is 14.8. The van der Waals surface area contributed by atoms with Crippen molar-refractivity contribution in [3.63, 3.8) is 0 Å². The van der Waals surface area contributed by atoms with Crippen LogP contribution in [0.15, 0.2) is 42.5 Å². The molecule has 0 N–H and O–H groups in total. The second kappa shape index (κ2) is 7.00. The SMILES string of the molecule is Cc1cc(OCC(=O)ON2C(=O)c3ccccc3C2=O)ccc1C(C)C. The molecule has 1 heterocycles. The molecular formula is C20H19NO5. The predicted molar refractivity (Wildman–Crippen MR) is 93.8 cm³/mol. The van der Waals surface area contributed by atoms with Gasteiger partial charge in [-0.2, -0.15) is 0 Å². The van der Waals surface area contributed by atoms with Crippen molar-refractivity contribution in [1.29, 1.82) is 0 Å². The van der Waals surface area contributed by atoms with Crippen LogP contribution < -0.4 is 4.74 Å². The maximum absolute atomic E-state index is 12.1. The van der Waals surface area contributed by atoms with Gasteiger partial charge in [-0.05, 0) is 48.2 Å². The molecule has 6 nitrogen and oxygen atoms in total. The molecule has 0 saturated heterocycles. The topological polar surface area (TPSA) is 72.9 Å². The fourth-order valence-corrected chi connectivity index (χ4v) is 2.91. The zero-order chi connectivity index (χ0) is 18.8. The summed E-state index contributed by atoms with van der Waals surface area (Å²) in [5.41, 5.74) is 2.69. The number of aryl methyl sites for hydroxylation is 1. The Kier molecular flexibility index (Phi) is 4.75. The molecule has 0 bridgehead atoms. The number of hydrogen-bond acceptors (Lipinski definition) is 5. The number of carbonyl (C=O) groups excluding carboxylic acids is 3. The summed E-state index contributed by atoms with van der Waals surface area (Å²) in [5.74, 6) is -1.23. The van der Waals surface area contributed by atoms with Gasteiger partial charge in [0.15, 0.2) is 6.61 Å². The smallest absolute Gasteiger partial charge is 0.370 e. The molecule has 2 amide bonds. The quantitative estimate of drug-likeness (QED) is 0.772. The van der Waals surface area contributed by atoms with Gasteiger partial charge in [-0.25, -0.2) is 4.79 Å². The largest absolute Gasteiger partial charge is 0.482 e. The fourth-order valence-electron chi connectivity index (χ4n) is 2.91. The molecular weight excluding hydrogens is 334 g/mol. The number of hydrogen-bond donors (Lipinski definition) is 0. The second-order valence-corrected chi connectivity index (χ2v) is 6.38. The standard InChI is InChI=1S/C20H19NO5/c1-12(2)15-9-8-14(10-13(15)3)25-11-18(22)26-21-19(23)16-6-4-5-7-17(16)20(21)24/h4-10,12H,11H2,1-3H3. The van der Waals surface area contributed by atoms with E-state index in [1.165, 1.54) is 17.7 Å². The van der Waals surface area contributed by atoms with E-state index in [0.717, 1.165) is 5.56 Å². The molecule has 1 aliphatic heterocycles. The van der Waals surface area contributed by atoms with Crippen LogP contribution in [0.1, 0.15) is 51.6 Å². The summed E-state index contributed by atoms with van der Waals surface area (Å²) in [6.07, 6.45) is 0.